The van der Waals surface area contributed by atoms with Crippen LogP contribution in [-0.4, -0.2) is 43.5 Å². The standard InChI is InChI=1S/C32H44N4O4/c1-5-7-26(30(33)37)24(16-20(2)3)19-34-27-15-12-22-8-6-9-23-17-28(36(29(22)23)32(27)39)31(38)35-18-21-10-13-25(40-4)14-11-21/h6,8-11,13-14,20,24,26-28,34H,5,7,12,15-19H2,1-4H3,(H2,33,37)(H,35,38)/t24-,26-,27-,28-/m0/s1. The molecule has 0 fully saturated rings. The molecule has 0 radical (unpaired) electrons. The number of carbonyl (C=O) groups is 3. The Balaban J connectivity index is 1.51. The van der Waals surface area contributed by atoms with E-state index in [1.54, 1.807) is 12.0 Å². The Labute approximate surface area is 238 Å². The van der Waals surface area contributed by atoms with E-state index in [1.807, 2.05) is 36.4 Å². The van der Waals surface area contributed by atoms with Gasteiger partial charge in [-0.2, -0.15) is 0 Å². The molecule has 0 aliphatic carbocycles. The number of nitrogens with one attached hydrogen (secondary N) is 2. The number of anilines is 1. The molecule has 0 saturated heterocycles. The first kappa shape index (κ1) is 29.6. The number of amides is 3. The minimum absolute atomic E-state index is 0.0496. The molecule has 0 bridgehead atoms. The number of carbonyl (C=O) groups excluding carboxylic acids is 3. The molecular formula is C32H44N4O4. The Morgan fingerprint density at radius 2 is 1.85 bits per heavy atom. The summed E-state index contributed by atoms with van der Waals surface area (Å²) in [6, 6.07) is 12.6. The number of ether oxygens (including phenoxy) is 1. The molecular weight excluding hydrogens is 504 g/mol. The molecule has 40 heavy (non-hydrogen) atoms. The number of methoxy groups -OCH3 is 1. The second-order valence-electron chi connectivity index (χ2n) is 11.6. The Bertz CT molecular complexity index is 1200. The van der Waals surface area contributed by atoms with Gasteiger partial charge in [-0.3, -0.25) is 19.3 Å². The van der Waals surface area contributed by atoms with Gasteiger partial charge in [0, 0.05) is 18.9 Å². The molecule has 0 spiro atoms. The minimum atomic E-state index is -0.603. The molecule has 2 aliphatic rings. The SMILES string of the molecule is CCC[C@H](C(N)=O)[C@H](CN[C@H]1CCc2cccc3c2N(C1=O)[C@H](C(=O)NCc1ccc(OC)cc1)C3)CC(C)C. The third-order valence-corrected chi connectivity index (χ3v) is 8.27. The molecule has 0 saturated carbocycles. The highest BCUT2D eigenvalue weighted by atomic mass is 16.5. The van der Waals surface area contributed by atoms with Crippen LogP contribution in [0.1, 0.15) is 63.1 Å². The maximum atomic E-state index is 14.1. The van der Waals surface area contributed by atoms with Crippen molar-refractivity contribution < 1.29 is 19.1 Å². The summed E-state index contributed by atoms with van der Waals surface area (Å²) in [6.45, 7) is 7.26. The maximum absolute atomic E-state index is 14.1. The number of para-hydroxylation sites is 1. The van der Waals surface area contributed by atoms with Gasteiger partial charge in [0.15, 0.2) is 0 Å². The number of benzene rings is 2. The van der Waals surface area contributed by atoms with Crippen LogP contribution in [0.5, 0.6) is 5.75 Å². The number of nitrogens with zero attached hydrogens (tertiary/aromatic N) is 1. The van der Waals surface area contributed by atoms with Gasteiger partial charge in [-0.05, 0) is 72.9 Å². The van der Waals surface area contributed by atoms with Crippen molar-refractivity contribution in [3.8, 4) is 5.75 Å². The maximum Gasteiger partial charge on any atom is 0.244 e. The van der Waals surface area contributed by atoms with Crippen LogP contribution in [-0.2, 0) is 33.8 Å². The van der Waals surface area contributed by atoms with Gasteiger partial charge in [0.2, 0.25) is 17.7 Å². The number of rotatable bonds is 13. The zero-order valence-electron chi connectivity index (χ0n) is 24.2. The first-order chi connectivity index (χ1) is 19.2. The molecule has 2 heterocycles. The molecule has 4 rings (SSSR count). The lowest BCUT2D eigenvalue weighted by Crippen LogP contribution is -2.54. The van der Waals surface area contributed by atoms with Crippen molar-refractivity contribution in [3.63, 3.8) is 0 Å². The summed E-state index contributed by atoms with van der Waals surface area (Å²) in [5.41, 5.74) is 9.79. The molecule has 4 atom stereocenters. The molecule has 216 valence electrons. The normalized spacial score (nSPS) is 19.6. The van der Waals surface area contributed by atoms with Gasteiger partial charge in [0.25, 0.3) is 0 Å². The van der Waals surface area contributed by atoms with Gasteiger partial charge in [0.1, 0.15) is 11.8 Å². The van der Waals surface area contributed by atoms with Gasteiger partial charge in [-0.15, -0.1) is 0 Å². The summed E-state index contributed by atoms with van der Waals surface area (Å²) >= 11 is 0. The van der Waals surface area contributed by atoms with Crippen LogP contribution in [0.2, 0.25) is 0 Å². The van der Waals surface area contributed by atoms with Gasteiger partial charge in [-0.1, -0.05) is 57.5 Å². The third kappa shape index (κ3) is 6.66. The van der Waals surface area contributed by atoms with Crippen LogP contribution in [0.15, 0.2) is 42.5 Å². The molecule has 2 aliphatic heterocycles. The van der Waals surface area contributed by atoms with Crippen LogP contribution >= 0.6 is 0 Å². The van der Waals surface area contributed by atoms with Crippen molar-refractivity contribution in [2.45, 2.75) is 77.9 Å². The molecule has 3 amide bonds. The fraction of sp³-hybridized carbons (Fsp3) is 0.531. The Kier molecular flexibility index (Phi) is 9.85. The van der Waals surface area contributed by atoms with E-state index in [0.29, 0.717) is 31.8 Å². The lowest BCUT2D eigenvalue weighted by atomic mass is 9.82. The highest BCUT2D eigenvalue weighted by Gasteiger charge is 2.43. The van der Waals surface area contributed by atoms with Crippen LogP contribution in [0.3, 0.4) is 0 Å². The fourth-order valence-electron chi connectivity index (χ4n) is 6.29. The van der Waals surface area contributed by atoms with E-state index in [1.165, 1.54) is 0 Å². The molecule has 2 aromatic carbocycles. The van der Waals surface area contributed by atoms with Crippen molar-refractivity contribution in [1.29, 1.82) is 0 Å². The van der Waals surface area contributed by atoms with E-state index in [2.05, 4.69) is 37.5 Å². The van der Waals surface area contributed by atoms with E-state index in [4.69, 9.17) is 10.5 Å². The molecule has 8 nitrogen and oxygen atoms in total. The second-order valence-corrected chi connectivity index (χ2v) is 11.6. The molecule has 2 aromatic rings. The van der Waals surface area contributed by atoms with Crippen LogP contribution in [0.4, 0.5) is 5.69 Å². The van der Waals surface area contributed by atoms with Crippen molar-refractivity contribution >= 4 is 23.4 Å². The van der Waals surface area contributed by atoms with Crippen LogP contribution in [0.25, 0.3) is 0 Å². The number of aryl methyl sites for hydroxylation is 1. The summed E-state index contributed by atoms with van der Waals surface area (Å²) in [6.07, 6.45) is 4.34. The van der Waals surface area contributed by atoms with Gasteiger partial charge >= 0.3 is 0 Å². The predicted molar refractivity (Wildman–Crippen MR) is 157 cm³/mol. The lowest BCUT2D eigenvalue weighted by Gasteiger charge is -2.31. The van der Waals surface area contributed by atoms with Gasteiger partial charge in [-0.25, -0.2) is 0 Å². The minimum Gasteiger partial charge on any atom is -0.497 e. The zero-order chi connectivity index (χ0) is 28.8. The van der Waals surface area contributed by atoms with E-state index >= 15 is 0 Å². The molecule has 8 heteroatoms. The number of hydrogen-bond donors (Lipinski definition) is 3. The average Bonchev–Trinajstić information content (AvgIpc) is 3.27. The van der Waals surface area contributed by atoms with Crippen molar-refractivity contribution in [1.82, 2.24) is 10.6 Å². The van der Waals surface area contributed by atoms with E-state index in [0.717, 1.165) is 53.8 Å². The fourth-order valence-corrected chi connectivity index (χ4v) is 6.29. The van der Waals surface area contributed by atoms with Crippen LogP contribution < -0.4 is 26.0 Å². The summed E-state index contributed by atoms with van der Waals surface area (Å²) < 4.78 is 5.22. The van der Waals surface area contributed by atoms with Crippen molar-refractivity contribution in [2.24, 2.45) is 23.5 Å². The highest BCUT2D eigenvalue weighted by molar-refractivity contribution is 6.06. The summed E-state index contributed by atoms with van der Waals surface area (Å²) in [5, 5.41) is 6.56. The van der Waals surface area contributed by atoms with Crippen molar-refractivity contribution in [3.05, 3.63) is 59.2 Å². The summed E-state index contributed by atoms with van der Waals surface area (Å²) in [5.74, 6) is 0.465. The quantitative estimate of drug-likeness (QED) is 0.353. The third-order valence-electron chi connectivity index (χ3n) is 8.27. The van der Waals surface area contributed by atoms with Crippen LogP contribution in [0, 0.1) is 17.8 Å². The summed E-state index contributed by atoms with van der Waals surface area (Å²) in [7, 11) is 1.62. The van der Waals surface area contributed by atoms with Crippen molar-refractivity contribution in [2.75, 3.05) is 18.6 Å². The Morgan fingerprint density at radius 3 is 2.50 bits per heavy atom. The lowest BCUT2D eigenvalue weighted by molar-refractivity contribution is -0.127. The van der Waals surface area contributed by atoms with Gasteiger partial charge in [0.05, 0.1) is 18.8 Å². The topological polar surface area (TPSA) is 114 Å². The van der Waals surface area contributed by atoms with E-state index in [-0.39, 0.29) is 29.6 Å². The molecule has 0 aromatic heterocycles. The first-order valence-electron chi connectivity index (χ1n) is 14.6. The number of hydrogen-bond acceptors (Lipinski definition) is 5. The molecule has 4 N–H and O–H groups in total. The average molecular weight is 549 g/mol. The largest absolute Gasteiger partial charge is 0.497 e. The zero-order valence-corrected chi connectivity index (χ0v) is 24.2. The first-order valence-corrected chi connectivity index (χ1v) is 14.6. The monoisotopic (exact) mass is 548 g/mol. The second kappa shape index (κ2) is 13.3. The smallest absolute Gasteiger partial charge is 0.244 e. The number of primary amides is 1. The number of nitrogens with two attached hydrogens (primary N) is 1. The summed E-state index contributed by atoms with van der Waals surface area (Å²) in [4.78, 5) is 41.6. The Morgan fingerprint density at radius 1 is 1.12 bits per heavy atom. The predicted octanol–water partition coefficient (Wildman–Crippen LogP) is 3.74. The van der Waals surface area contributed by atoms with Gasteiger partial charge < -0.3 is 21.1 Å². The van der Waals surface area contributed by atoms with E-state index in [9.17, 15) is 14.4 Å². The highest BCUT2D eigenvalue weighted by Crippen LogP contribution is 2.39. The van der Waals surface area contributed by atoms with E-state index < -0.39 is 12.1 Å². The molecule has 0 unspecified atom stereocenters. The Hall–Kier alpha value is -3.39.